The highest BCUT2D eigenvalue weighted by atomic mass is 19.1. The first-order valence-corrected chi connectivity index (χ1v) is 10.2. The third-order valence-corrected chi connectivity index (χ3v) is 6.46. The van der Waals surface area contributed by atoms with Gasteiger partial charge in [0.1, 0.15) is 17.8 Å². The summed E-state index contributed by atoms with van der Waals surface area (Å²) in [5, 5.41) is 4.39. The summed E-state index contributed by atoms with van der Waals surface area (Å²) in [4.78, 5) is 10.1. The number of likely N-dealkylation sites (tertiary alicyclic amines) is 1. The van der Waals surface area contributed by atoms with Crippen LogP contribution in [0.4, 0.5) is 8.78 Å². The van der Waals surface area contributed by atoms with Crippen molar-refractivity contribution in [3.05, 3.63) is 71.0 Å². The van der Waals surface area contributed by atoms with E-state index in [1.165, 1.54) is 23.3 Å². The molecule has 2 aromatic rings. The van der Waals surface area contributed by atoms with Gasteiger partial charge in [0, 0.05) is 19.6 Å². The molecular weight excluding hydrogens is 372 g/mol. The number of likely N-dealkylation sites (N-methyl/N-ethyl adjacent to an activating group) is 1. The third kappa shape index (κ3) is 3.19. The monoisotopic (exact) mass is 397 g/mol. The van der Waals surface area contributed by atoms with Gasteiger partial charge in [-0.3, -0.25) is 0 Å². The van der Waals surface area contributed by atoms with Crippen molar-refractivity contribution >= 4 is 5.84 Å². The lowest BCUT2D eigenvalue weighted by molar-refractivity contribution is -0.112. The minimum atomic E-state index is -1.03. The van der Waals surface area contributed by atoms with E-state index in [0.29, 0.717) is 19.4 Å². The maximum absolute atomic E-state index is 14.9. The zero-order chi connectivity index (χ0) is 20.0. The molecule has 3 aliphatic heterocycles. The van der Waals surface area contributed by atoms with Crippen molar-refractivity contribution in [2.75, 3.05) is 26.7 Å². The lowest BCUT2D eigenvalue weighted by Crippen LogP contribution is -2.55. The fourth-order valence-electron chi connectivity index (χ4n) is 4.96. The average molecular weight is 397 g/mol. The molecule has 152 valence electrons. The van der Waals surface area contributed by atoms with Crippen molar-refractivity contribution in [1.29, 1.82) is 0 Å². The number of nitrogens with zero attached hydrogens (tertiary/aromatic N) is 3. The number of oxime groups is 1. The van der Waals surface area contributed by atoms with Gasteiger partial charge in [0.25, 0.3) is 0 Å². The molecule has 5 rings (SSSR count). The third-order valence-electron chi connectivity index (χ3n) is 6.46. The number of fused-ring (bicyclic) bond motifs is 1. The van der Waals surface area contributed by atoms with Crippen LogP contribution in [0.25, 0.3) is 0 Å². The number of hydrogen-bond donors (Lipinski definition) is 0. The van der Waals surface area contributed by atoms with E-state index >= 15 is 0 Å². The van der Waals surface area contributed by atoms with Gasteiger partial charge in [0.2, 0.25) is 0 Å². The summed E-state index contributed by atoms with van der Waals surface area (Å²) >= 11 is 0. The number of rotatable bonds is 1. The van der Waals surface area contributed by atoms with Gasteiger partial charge in [-0.2, -0.15) is 0 Å². The molecular formula is C23H25F2N3O. The maximum atomic E-state index is 14.9. The van der Waals surface area contributed by atoms with E-state index in [2.05, 4.69) is 27.1 Å². The molecule has 1 spiro atoms. The van der Waals surface area contributed by atoms with Gasteiger partial charge >= 0.3 is 0 Å². The number of hydrogen-bond acceptors (Lipinski definition) is 4. The minimum Gasteiger partial charge on any atom is -0.383 e. The van der Waals surface area contributed by atoms with Crippen LogP contribution in [0, 0.1) is 5.82 Å². The molecule has 1 unspecified atom stereocenters. The van der Waals surface area contributed by atoms with Crippen molar-refractivity contribution in [3.63, 3.8) is 0 Å². The lowest BCUT2D eigenvalue weighted by Gasteiger charge is -2.41. The zero-order valence-corrected chi connectivity index (χ0v) is 16.5. The fourth-order valence-corrected chi connectivity index (χ4v) is 4.96. The first kappa shape index (κ1) is 18.6. The molecule has 0 radical (unpaired) electrons. The summed E-state index contributed by atoms with van der Waals surface area (Å²) in [6.45, 7) is 2.04. The molecule has 2 aromatic carbocycles. The molecule has 1 fully saturated rings. The van der Waals surface area contributed by atoms with E-state index in [9.17, 15) is 8.78 Å². The number of piperidine rings is 1. The summed E-state index contributed by atoms with van der Waals surface area (Å²) in [5.41, 5.74) is 2.58. The molecule has 0 aromatic heterocycles. The molecule has 0 amide bonds. The molecule has 29 heavy (non-hydrogen) atoms. The number of benzene rings is 2. The highest BCUT2D eigenvalue weighted by molar-refractivity contribution is 5.85. The fraction of sp³-hybridized carbons (Fsp3) is 0.435. The first-order valence-electron chi connectivity index (χ1n) is 10.2. The summed E-state index contributed by atoms with van der Waals surface area (Å²) in [7, 11) is 1.99. The SMILES string of the molecule is CN1CCC(F)[C@@]2(CC(N3CCc4ccccc4[C@@H]3c3ccc(F)cc3)=NO2)C1. The van der Waals surface area contributed by atoms with Crippen LogP contribution in [0.5, 0.6) is 0 Å². The van der Waals surface area contributed by atoms with E-state index in [4.69, 9.17) is 4.84 Å². The average Bonchev–Trinajstić information content (AvgIpc) is 3.15. The number of halogens is 2. The Bertz CT molecular complexity index is 932. The number of alkyl halides is 1. The van der Waals surface area contributed by atoms with Crippen LogP contribution in [0.3, 0.4) is 0 Å². The van der Waals surface area contributed by atoms with Crippen molar-refractivity contribution in [2.24, 2.45) is 5.16 Å². The largest absolute Gasteiger partial charge is 0.383 e. The van der Waals surface area contributed by atoms with Gasteiger partial charge in [0.15, 0.2) is 5.60 Å². The number of amidine groups is 1. The quantitative estimate of drug-likeness (QED) is 0.730. The second-order valence-electron chi connectivity index (χ2n) is 8.43. The van der Waals surface area contributed by atoms with Gasteiger partial charge in [-0.15, -0.1) is 0 Å². The van der Waals surface area contributed by atoms with Crippen LogP contribution in [0.1, 0.15) is 35.6 Å². The van der Waals surface area contributed by atoms with Crippen LogP contribution in [-0.2, 0) is 11.3 Å². The van der Waals surface area contributed by atoms with Crippen LogP contribution >= 0.6 is 0 Å². The normalized spacial score (nSPS) is 29.5. The maximum Gasteiger partial charge on any atom is 0.188 e. The molecule has 0 N–H and O–H groups in total. The van der Waals surface area contributed by atoms with E-state index < -0.39 is 11.8 Å². The van der Waals surface area contributed by atoms with E-state index in [1.54, 1.807) is 0 Å². The standard InChI is InChI=1S/C23H25F2N3O/c1-27-12-11-20(25)23(15-27)14-21(26-29-23)28-13-10-16-4-2-3-5-19(16)22(28)17-6-8-18(24)9-7-17/h2-9,20,22H,10-15H2,1H3/t20?,22-,23+/m0/s1. The van der Waals surface area contributed by atoms with E-state index in [1.807, 2.05) is 31.3 Å². The summed E-state index contributed by atoms with van der Waals surface area (Å²) < 4.78 is 28.4. The van der Waals surface area contributed by atoms with Crippen molar-refractivity contribution in [2.45, 2.75) is 37.1 Å². The van der Waals surface area contributed by atoms with Crippen molar-refractivity contribution < 1.29 is 13.6 Å². The van der Waals surface area contributed by atoms with Gasteiger partial charge < -0.3 is 14.6 Å². The van der Waals surface area contributed by atoms with Gasteiger partial charge in [-0.25, -0.2) is 8.78 Å². The summed E-state index contributed by atoms with van der Waals surface area (Å²) in [6, 6.07) is 14.9. The zero-order valence-electron chi connectivity index (χ0n) is 16.5. The Morgan fingerprint density at radius 2 is 1.90 bits per heavy atom. The molecule has 6 heteroatoms. The highest BCUT2D eigenvalue weighted by Crippen LogP contribution is 2.41. The Hall–Kier alpha value is -2.47. The lowest BCUT2D eigenvalue weighted by atomic mass is 9.85. The molecule has 0 bridgehead atoms. The Morgan fingerprint density at radius 1 is 1.10 bits per heavy atom. The van der Waals surface area contributed by atoms with E-state index in [0.717, 1.165) is 30.9 Å². The molecule has 3 aliphatic rings. The molecule has 3 heterocycles. The van der Waals surface area contributed by atoms with Crippen LogP contribution in [-0.4, -0.2) is 54.1 Å². The molecule has 0 aliphatic carbocycles. The Balaban J connectivity index is 1.50. The van der Waals surface area contributed by atoms with Crippen LogP contribution < -0.4 is 0 Å². The predicted octanol–water partition coefficient (Wildman–Crippen LogP) is 3.92. The second-order valence-corrected chi connectivity index (χ2v) is 8.43. The van der Waals surface area contributed by atoms with Gasteiger partial charge in [0.05, 0.1) is 12.5 Å². The van der Waals surface area contributed by atoms with Crippen molar-refractivity contribution in [3.8, 4) is 0 Å². The van der Waals surface area contributed by atoms with E-state index in [-0.39, 0.29) is 11.9 Å². The summed E-state index contributed by atoms with van der Waals surface area (Å²) in [6.07, 6.45) is 0.780. The predicted molar refractivity (Wildman–Crippen MR) is 108 cm³/mol. The Morgan fingerprint density at radius 3 is 2.72 bits per heavy atom. The highest BCUT2D eigenvalue weighted by Gasteiger charge is 2.51. The minimum absolute atomic E-state index is 0.0857. The summed E-state index contributed by atoms with van der Waals surface area (Å²) in [5.74, 6) is 0.530. The van der Waals surface area contributed by atoms with Crippen molar-refractivity contribution in [1.82, 2.24) is 9.80 Å². The second kappa shape index (κ2) is 7.10. The first-order chi connectivity index (χ1) is 14.1. The van der Waals surface area contributed by atoms with Gasteiger partial charge in [-0.1, -0.05) is 41.6 Å². The Kier molecular flexibility index (Phi) is 4.54. The molecule has 3 atom stereocenters. The topological polar surface area (TPSA) is 28.1 Å². The van der Waals surface area contributed by atoms with Crippen LogP contribution in [0.2, 0.25) is 0 Å². The van der Waals surface area contributed by atoms with Gasteiger partial charge in [-0.05, 0) is 48.7 Å². The van der Waals surface area contributed by atoms with Crippen LogP contribution in [0.15, 0.2) is 53.7 Å². The smallest absolute Gasteiger partial charge is 0.188 e. The molecule has 0 saturated carbocycles. The molecule has 4 nitrogen and oxygen atoms in total. The molecule has 1 saturated heterocycles. The Labute approximate surface area is 169 Å².